The van der Waals surface area contributed by atoms with E-state index in [0.717, 1.165) is 5.92 Å². The SMILES string of the molecule is CCC1CCC(CC)[Si](OC)(OC)C1(CC)CC. The van der Waals surface area contributed by atoms with Crippen LogP contribution in [0, 0.1) is 5.92 Å². The van der Waals surface area contributed by atoms with Crippen molar-refractivity contribution in [3.8, 4) is 0 Å². The third-order valence-corrected chi connectivity index (χ3v) is 11.2. The van der Waals surface area contributed by atoms with Gasteiger partial charge in [-0.2, -0.15) is 0 Å². The van der Waals surface area contributed by atoms with E-state index in [4.69, 9.17) is 8.85 Å². The molecule has 2 atom stereocenters. The van der Waals surface area contributed by atoms with Gasteiger partial charge in [0, 0.05) is 24.8 Å². The van der Waals surface area contributed by atoms with Gasteiger partial charge < -0.3 is 8.85 Å². The first-order chi connectivity index (χ1) is 8.62. The van der Waals surface area contributed by atoms with Crippen LogP contribution < -0.4 is 0 Å². The zero-order valence-electron chi connectivity index (χ0n) is 13.2. The molecule has 1 rings (SSSR count). The predicted octanol–water partition coefficient (Wildman–Crippen LogP) is 4.88. The van der Waals surface area contributed by atoms with Crippen molar-refractivity contribution >= 4 is 8.56 Å². The van der Waals surface area contributed by atoms with Gasteiger partial charge in [-0.05, 0) is 31.6 Å². The van der Waals surface area contributed by atoms with Gasteiger partial charge in [0.15, 0.2) is 0 Å². The average Bonchev–Trinajstić information content (AvgIpc) is 2.44. The minimum Gasteiger partial charge on any atom is -0.397 e. The molecule has 2 nitrogen and oxygen atoms in total. The maximum atomic E-state index is 6.18. The molecule has 3 heteroatoms. The molecule has 108 valence electrons. The van der Waals surface area contributed by atoms with Gasteiger partial charge in [0.05, 0.1) is 0 Å². The minimum absolute atomic E-state index is 0.310. The highest BCUT2D eigenvalue weighted by Gasteiger charge is 2.63. The highest BCUT2D eigenvalue weighted by Crippen LogP contribution is 2.63. The van der Waals surface area contributed by atoms with Crippen LogP contribution in [-0.2, 0) is 8.85 Å². The summed E-state index contributed by atoms with van der Waals surface area (Å²) < 4.78 is 12.4. The monoisotopic (exact) mass is 272 g/mol. The molecule has 0 aromatic heterocycles. The molecule has 1 saturated heterocycles. The molecule has 0 amide bonds. The smallest absolute Gasteiger partial charge is 0.347 e. The van der Waals surface area contributed by atoms with E-state index in [-0.39, 0.29) is 0 Å². The lowest BCUT2D eigenvalue weighted by atomic mass is 9.80. The van der Waals surface area contributed by atoms with Crippen LogP contribution in [0.25, 0.3) is 0 Å². The second-order valence-corrected chi connectivity index (χ2v) is 9.69. The van der Waals surface area contributed by atoms with Crippen LogP contribution in [0.2, 0.25) is 10.6 Å². The van der Waals surface area contributed by atoms with E-state index in [9.17, 15) is 0 Å². The fourth-order valence-corrected chi connectivity index (χ4v) is 10.2. The molecule has 0 spiro atoms. The van der Waals surface area contributed by atoms with E-state index in [1.54, 1.807) is 0 Å². The second kappa shape index (κ2) is 6.53. The molecule has 0 aliphatic carbocycles. The number of hydrogen-bond donors (Lipinski definition) is 0. The summed E-state index contributed by atoms with van der Waals surface area (Å²) in [5, 5.41) is 0.310. The van der Waals surface area contributed by atoms with Crippen molar-refractivity contribution in [3.63, 3.8) is 0 Å². The Kier molecular flexibility index (Phi) is 5.88. The standard InChI is InChI=1S/C15H32O2Si/c1-7-13-11-12-14(8-2)18(16-5,17-6)15(13,9-3)10-4/h13-14H,7-12H2,1-6H3. The third-order valence-electron chi connectivity index (χ3n) is 5.73. The summed E-state index contributed by atoms with van der Waals surface area (Å²) in [6.07, 6.45) is 7.52. The van der Waals surface area contributed by atoms with Crippen molar-refractivity contribution in [2.24, 2.45) is 5.92 Å². The molecule has 1 fully saturated rings. The number of rotatable bonds is 6. The first-order valence-electron chi connectivity index (χ1n) is 7.72. The summed E-state index contributed by atoms with van der Waals surface area (Å²) >= 11 is 0. The Bertz CT molecular complexity index is 221. The van der Waals surface area contributed by atoms with Crippen molar-refractivity contribution in [1.29, 1.82) is 0 Å². The van der Waals surface area contributed by atoms with Crippen LogP contribution >= 0.6 is 0 Å². The second-order valence-electron chi connectivity index (χ2n) is 5.73. The summed E-state index contributed by atoms with van der Waals surface area (Å²) in [6.45, 7) is 9.31. The van der Waals surface area contributed by atoms with Crippen LogP contribution in [0.15, 0.2) is 0 Å². The van der Waals surface area contributed by atoms with E-state index in [1.165, 1.54) is 38.5 Å². The lowest BCUT2D eigenvalue weighted by molar-refractivity contribution is 0.118. The van der Waals surface area contributed by atoms with Gasteiger partial charge in [0.1, 0.15) is 0 Å². The van der Waals surface area contributed by atoms with Crippen molar-refractivity contribution in [2.45, 2.75) is 76.8 Å². The van der Waals surface area contributed by atoms with Crippen molar-refractivity contribution in [3.05, 3.63) is 0 Å². The molecular weight excluding hydrogens is 240 g/mol. The Balaban J connectivity index is 3.29. The normalized spacial score (nSPS) is 30.3. The first-order valence-corrected chi connectivity index (χ1v) is 9.61. The maximum absolute atomic E-state index is 6.18. The molecule has 1 aliphatic rings. The molecule has 0 bridgehead atoms. The van der Waals surface area contributed by atoms with Gasteiger partial charge in [-0.15, -0.1) is 0 Å². The quantitative estimate of drug-likeness (QED) is 0.641. The van der Waals surface area contributed by atoms with Crippen LogP contribution in [-0.4, -0.2) is 22.8 Å². The lowest BCUT2D eigenvalue weighted by Crippen LogP contribution is -2.60. The Morgan fingerprint density at radius 2 is 1.50 bits per heavy atom. The zero-order chi connectivity index (χ0) is 13.8. The van der Waals surface area contributed by atoms with E-state index in [1.807, 2.05) is 14.2 Å². The highest BCUT2D eigenvalue weighted by molar-refractivity contribution is 6.72. The molecule has 1 heterocycles. The van der Waals surface area contributed by atoms with E-state index in [2.05, 4.69) is 27.7 Å². The highest BCUT2D eigenvalue weighted by atomic mass is 28.4. The Morgan fingerprint density at radius 3 is 1.83 bits per heavy atom. The first kappa shape index (κ1) is 16.2. The molecule has 0 aromatic rings. The van der Waals surface area contributed by atoms with Crippen LogP contribution in [0.3, 0.4) is 0 Å². The van der Waals surface area contributed by atoms with Gasteiger partial charge in [0.2, 0.25) is 0 Å². The molecule has 0 saturated carbocycles. The molecular formula is C15H32O2Si. The predicted molar refractivity (Wildman–Crippen MR) is 80.1 cm³/mol. The lowest BCUT2D eigenvalue weighted by Gasteiger charge is -2.56. The summed E-state index contributed by atoms with van der Waals surface area (Å²) in [7, 11) is 1.67. The van der Waals surface area contributed by atoms with Crippen molar-refractivity contribution < 1.29 is 8.85 Å². The molecule has 0 aromatic carbocycles. The fraction of sp³-hybridized carbons (Fsp3) is 1.00. The summed E-state index contributed by atoms with van der Waals surface area (Å²) in [5.74, 6) is 0.780. The number of hydrogen-bond acceptors (Lipinski definition) is 2. The Labute approximate surface area is 115 Å². The van der Waals surface area contributed by atoms with E-state index >= 15 is 0 Å². The summed E-state index contributed by atoms with van der Waals surface area (Å²) in [6, 6.07) is 0. The topological polar surface area (TPSA) is 18.5 Å². The van der Waals surface area contributed by atoms with Crippen LogP contribution in [0.4, 0.5) is 0 Å². The molecule has 1 aliphatic heterocycles. The van der Waals surface area contributed by atoms with Gasteiger partial charge >= 0.3 is 8.56 Å². The van der Waals surface area contributed by atoms with Gasteiger partial charge in [-0.25, -0.2) is 0 Å². The van der Waals surface area contributed by atoms with Gasteiger partial charge in [-0.1, -0.05) is 40.5 Å². The van der Waals surface area contributed by atoms with Gasteiger partial charge in [-0.3, -0.25) is 0 Å². The largest absolute Gasteiger partial charge is 0.397 e. The summed E-state index contributed by atoms with van der Waals surface area (Å²) in [5.41, 5.74) is 0.662. The van der Waals surface area contributed by atoms with Crippen molar-refractivity contribution in [2.75, 3.05) is 14.2 Å². The zero-order valence-corrected chi connectivity index (χ0v) is 14.2. The average molecular weight is 273 g/mol. The van der Waals surface area contributed by atoms with Crippen molar-refractivity contribution in [1.82, 2.24) is 0 Å². The molecule has 18 heavy (non-hydrogen) atoms. The Morgan fingerprint density at radius 1 is 0.944 bits per heavy atom. The van der Waals surface area contributed by atoms with Crippen LogP contribution in [0.5, 0.6) is 0 Å². The van der Waals surface area contributed by atoms with Gasteiger partial charge in [0.25, 0.3) is 0 Å². The Hall–Kier alpha value is 0.137. The third kappa shape index (κ3) is 2.08. The van der Waals surface area contributed by atoms with E-state index in [0.29, 0.717) is 10.6 Å². The molecule has 0 radical (unpaired) electrons. The summed E-state index contributed by atoms with van der Waals surface area (Å²) in [4.78, 5) is 0. The van der Waals surface area contributed by atoms with Crippen LogP contribution in [0.1, 0.15) is 66.2 Å². The molecule has 2 unspecified atom stereocenters. The maximum Gasteiger partial charge on any atom is 0.347 e. The fourth-order valence-electron chi connectivity index (χ4n) is 4.77. The molecule has 0 N–H and O–H groups in total. The van der Waals surface area contributed by atoms with E-state index < -0.39 is 8.56 Å². The minimum atomic E-state index is -2.12.